The predicted molar refractivity (Wildman–Crippen MR) is 88.8 cm³/mol. The van der Waals surface area contributed by atoms with E-state index >= 15 is 0 Å². The second-order valence-electron chi connectivity index (χ2n) is 6.07. The third kappa shape index (κ3) is 3.19. The van der Waals surface area contributed by atoms with Crippen LogP contribution in [0.3, 0.4) is 0 Å². The summed E-state index contributed by atoms with van der Waals surface area (Å²) in [6.45, 7) is 3.75. The number of aryl methyl sites for hydroxylation is 2. The van der Waals surface area contributed by atoms with Crippen molar-refractivity contribution in [2.45, 2.75) is 32.6 Å². The SMILES string of the molecule is CCS(=O)(=O)N1CCN(c2nc3c(cc2C#N)CCCC3)CC1. The number of pyridine rings is 1. The maximum Gasteiger partial charge on any atom is 0.213 e. The van der Waals surface area contributed by atoms with Gasteiger partial charge in [0.05, 0.1) is 11.3 Å². The Balaban J connectivity index is 1.82. The number of sulfonamides is 1. The van der Waals surface area contributed by atoms with Crippen LogP contribution in [0.2, 0.25) is 0 Å². The molecule has 0 spiro atoms. The van der Waals surface area contributed by atoms with E-state index in [-0.39, 0.29) is 5.75 Å². The lowest BCUT2D eigenvalue weighted by atomic mass is 9.95. The first-order valence-corrected chi connectivity index (χ1v) is 9.81. The average molecular weight is 334 g/mol. The van der Waals surface area contributed by atoms with E-state index in [0.717, 1.165) is 37.2 Å². The van der Waals surface area contributed by atoms with Gasteiger partial charge in [0.15, 0.2) is 0 Å². The van der Waals surface area contributed by atoms with Crippen LogP contribution < -0.4 is 4.90 Å². The Kier molecular flexibility index (Phi) is 4.55. The average Bonchev–Trinajstić information content (AvgIpc) is 2.60. The highest BCUT2D eigenvalue weighted by Crippen LogP contribution is 2.27. The molecule has 6 nitrogen and oxygen atoms in total. The number of nitriles is 1. The second kappa shape index (κ2) is 6.46. The van der Waals surface area contributed by atoms with Crippen LogP contribution in [0, 0.1) is 11.3 Å². The van der Waals surface area contributed by atoms with E-state index in [1.807, 2.05) is 6.07 Å². The first kappa shape index (κ1) is 16.2. The van der Waals surface area contributed by atoms with Gasteiger partial charge in [0, 0.05) is 31.9 Å². The minimum Gasteiger partial charge on any atom is -0.353 e. The Morgan fingerprint density at radius 3 is 2.57 bits per heavy atom. The molecule has 2 aliphatic rings. The van der Waals surface area contributed by atoms with Gasteiger partial charge in [-0.1, -0.05) is 0 Å². The van der Waals surface area contributed by atoms with Gasteiger partial charge < -0.3 is 4.90 Å². The fraction of sp³-hybridized carbons (Fsp3) is 0.625. The molecule has 124 valence electrons. The standard InChI is InChI=1S/C16H22N4O2S/c1-2-23(21,22)20-9-7-19(8-10-20)16-14(12-17)11-13-5-3-4-6-15(13)18-16/h11H,2-10H2,1H3. The first-order valence-electron chi connectivity index (χ1n) is 8.21. The molecule has 0 amide bonds. The van der Waals surface area contributed by atoms with E-state index in [2.05, 4.69) is 11.0 Å². The number of hydrogen-bond donors (Lipinski definition) is 0. The molecule has 0 saturated carbocycles. The molecular formula is C16H22N4O2S. The Hall–Kier alpha value is -1.65. The lowest BCUT2D eigenvalue weighted by Gasteiger charge is -2.35. The third-order valence-corrected chi connectivity index (χ3v) is 6.58. The molecular weight excluding hydrogens is 312 g/mol. The monoisotopic (exact) mass is 334 g/mol. The summed E-state index contributed by atoms with van der Waals surface area (Å²) in [7, 11) is -3.14. The number of fused-ring (bicyclic) bond motifs is 1. The fourth-order valence-electron chi connectivity index (χ4n) is 3.31. The molecule has 0 N–H and O–H groups in total. The van der Waals surface area contributed by atoms with Crippen molar-refractivity contribution in [3.05, 3.63) is 22.9 Å². The topological polar surface area (TPSA) is 77.3 Å². The van der Waals surface area contributed by atoms with Crippen LogP contribution in [0.1, 0.15) is 36.6 Å². The zero-order chi connectivity index (χ0) is 16.4. The minimum absolute atomic E-state index is 0.132. The van der Waals surface area contributed by atoms with E-state index in [4.69, 9.17) is 4.98 Å². The van der Waals surface area contributed by atoms with Crippen molar-refractivity contribution < 1.29 is 8.42 Å². The number of aromatic nitrogens is 1. The molecule has 3 rings (SSSR count). The quantitative estimate of drug-likeness (QED) is 0.833. The molecule has 0 atom stereocenters. The van der Waals surface area contributed by atoms with Crippen molar-refractivity contribution in [2.75, 3.05) is 36.8 Å². The Morgan fingerprint density at radius 1 is 1.22 bits per heavy atom. The number of hydrogen-bond acceptors (Lipinski definition) is 5. The maximum absolute atomic E-state index is 12.0. The van der Waals surface area contributed by atoms with Crippen molar-refractivity contribution in [3.8, 4) is 6.07 Å². The molecule has 0 aromatic carbocycles. The summed E-state index contributed by atoms with van der Waals surface area (Å²) in [5, 5.41) is 9.45. The third-order valence-electron chi connectivity index (χ3n) is 4.70. The zero-order valence-corrected chi connectivity index (χ0v) is 14.3. The predicted octanol–water partition coefficient (Wildman–Crippen LogP) is 1.30. The van der Waals surface area contributed by atoms with Gasteiger partial charge in [-0.2, -0.15) is 9.57 Å². The zero-order valence-electron chi connectivity index (χ0n) is 13.5. The summed E-state index contributed by atoms with van der Waals surface area (Å²) in [6, 6.07) is 4.24. The smallest absolute Gasteiger partial charge is 0.213 e. The molecule has 0 unspecified atom stereocenters. The van der Waals surface area contributed by atoms with Gasteiger partial charge in [-0.3, -0.25) is 0 Å². The summed E-state index contributed by atoms with van der Waals surface area (Å²) < 4.78 is 25.4. The van der Waals surface area contributed by atoms with Gasteiger partial charge in [0.25, 0.3) is 0 Å². The van der Waals surface area contributed by atoms with Crippen molar-refractivity contribution in [2.24, 2.45) is 0 Å². The number of anilines is 1. The highest BCUT2D eigenvalue weighted by atomic mass is 32.2. The highest BCUT2D eigenvalue weighted by Gasteiger charge is 2.27. The van der Waals surface area contributed by atoms with Gasteiger partial charge in [-0.15, -0.1) is 0 Å². The van der Waals surface area contributed by atoms with Gasteiger partial charge in [0.2, 0.25) is 10.0 Å². The minimum atomic E-state index is -3.14. The van der Waals surface area contributed by atoms with Crippen LogP contribution in [-0.2, 0) is 22.9 Å². The molecule has 1 aromatic heterocycles. The molecule has 0 radical (unpaired) electrons. The largest absolute Gasteiger partial charge is 0.353 e. The van der Waals surface area contributed by atoms with Gasteiger partial charge in [-0.25, -0.2) is 13.4 Å². The highest BCUT2D eigenvalue weighted by molar-refractivity contribution is 7.89. The van der Waals surface area contributed by atoms with E-state index in [0.29, 0.717) is 31.7 Å². The summed E-state index contributed by atoms with van der Waals surface area (Å²) in [5.74, 6) is 0.856. The number of nitrogens with zero attached hydrogens (tertiary/aromatic N) is 4. The summed E-state index contributed by atoms with van der Waals surface area (Å²) in [4.78, 5) is 6.80. The summed E-state index contributed by atoms with van der Waals surface area (Å²) in [6.07, 6.45) is 4.28. The number of piperazine rings is 1. The molecule has 1 fully saturated rings. The van der Waals surface area contributed by atoms with Gasteiger partial charge >= 0.3 is 0 Å². The van der Waals surface area contributed by atoms with Crippen LogP contribution in [0.15, 0.2) is 6.07 Å². The molecule has 1 aliphatic carbocycles. The van der Waals surface area contributed by atoms with E-state index in [1.165, 1.54) is 9.87 Å². The molecule has 1 aliphatic heterocycles. The summed E-state index contributed by atoms with van der Waals surface area (Å²) in [5.41, 5.74) is 2.91. The van der Waals surface area contributed by atoms with Crippen molar-refractivity contribution in [1.82, 2.24) is 9.29 Å². The molecule has 23 heavy (non-hydrogen) atoms. The normalized spacial score (nSPS) is 19.2. The van der Waals surface area contributed by atoms with Gasteiger partial charge in [-0.05, 0) is 44.2 Å². The Morgan fingerprint density at radius 2 is 1.91 bits per heavy atom. The molecule has 7 heteroatoms. The lowest BCUT2D eigenvalue weighted by Crippen LogP contribution is -2.49. The van der Waals surface area contributed by atoms with Gasteiger partial charge in [0.1, 0.15) is 11.9 Å². The van der Waals surface area contributed by atoms with Crippen LogP contribution in [-0.4, -0.2) is 49.6 Å². The molecule has 0 bridgehead atoms. The Labute approximate surface area is 137 Å². The van der Waals surface area contributed by atoms with Crippen LogP contribution in [0.5, 0.6) is 0 Å². The van der Waals surface area contributed by atoms with E-state index in [1.54, 1.807) is 6.92 Å². The molecule has 2 heterocycles. The summed E-state index contributed by atoms with van der Waals surface area (Å²) >= 11 is 0. The first-order chi connectivity index (χ1) is 11.0. The lowest BCUT2D eigenvalue weighted by molar-refractivity contribution is 0.384. The number of rotatable bonds is 3. The maximum atomic E-state index is 12.0. The van der Waals surface area contributed by atoms with Crippen LogP contribution in [0.25, 0.3) is 0 Å². The second-order valence-corrected chi connectivity index (χ2v) is 8.33. The molecule has 1 aromatic rings. The Bertz CT molecular complexity index is 731. The van der Waals surface area contributed by atoms with Crippen molar-refractivity contribution in [1.29, 1.82) is 5.26 Å². The van der Waals surface area contributed by atoms with Crippen molar-refractivity contribution in [3.63, 3.8) is 0 Å². The fourth-order valence-corrected chi connectivity index (χ4v) is 4.39. The van der Waals surface area contributed by atoms with Crippen LogP contribution in [0.4, 0.5) is 5.82 Å². The van der Waals surface area contributed by atoms with E-state index in [9.17, 15) is 13.7 Å². The molecule has 1 saturated heterocycles. The van der Waals surface area contributed by atoms with Crippen molar-refractivity contribution >= 4 is 15.8 Å². The van der Waals surface area contributed by atoms with Crippen LogP contribution >= 0.6 is 0 Å². The van der Waals surface area contributed by atoms with E-state index < -0.39 is 10.0 Å².